The summed E-state index contributed by atoms with van der Waals surface area (Å²) in [5.74, 6) is -0.103. The second-order valence-electron chi connectivity index (χ2n) is 7.34. The molecule has 0 spiro atoms. The van der Waals surface area contributed by atoms with Gasteiger partial charge in [-0.3, -0.25) is 9.52 Å². The van der Waals surface area contributed by atoms with Gasteiger partial charge in [0.1, 0.15) is 4.90 Å². The van der Waals surface area contributed by atoms with Crippen molar-refractivity contribution >= 4 is 77.9 Å². The molecule has 36 heavy (non-hydrogen) atoms. The van der Waals surface area contributed by atoms with Gasteiger partial charge in [-0.05, 0) is 55.5 Å². The molecule has 0 bridgehead atoms. The topological polar surface area (TPSA) is 85.4 Å². The molecule has 0 unspecified atom stereocenters. The number of ether oxygens (including phenoxy) is 1. The average Bonchev–Trinajstić information content (AvgIpc) is 3.17. The maximum absolute atomic E-state index is 12.9. The first-order valence-corrected chi connectivity index (χ1v) is 13.2. The first-order chi connectivity index (χ1) is 16.7. The quantitative estimate of drug-likeness (QED) is 0.228. The van der Waals surface area contributed by atoms with E-state index in [0.29, 0.717) is 27.9 Å². The SMILES string of the molecule is CC(=O)c1ccc2nc(Oc3c(Cl)cc(NS(=O)(=O)c4ccc(C(F)(F)F)cc4Cl)cc3Cl)sc2c1. The number of carbonyl (C=O) groups is 1. The molecule has 6 nitrogen and oxygen atoms in total. The molecule has 0 saturated carbocycles. The highest BCUT2D eigenvalue weighted by Gasteiger charge is 2.32. The summed E-state index contributed by atoms with van der Waals surface area (Å²) in [5.41, 5.74) is -0.0706. The van der Waals surface area contributed by atoms with Crippen LogP contribution in [-0.4, -0.2) is 19.2 Å². The van der Waals surface area contributed by atoms with Crippen LogP contribution in [0.15, 0.2) is 53.4 Å². The number of carbonyl (C=O) groups excluding carboxylic acids is 1. The van der Waals surface area contributed by atoms with Crippen molar-refractivity contribution in [1.29, 1.82) is 0 Å². The molecule has 0 atom stereocenters. The van der Waals surface area contributed by atoms with E-state index in [9.17, 15) is 26.4 Å². The number of rotatable bonds is 6. The summed E-state index contributed by atoms with van der Waals surface area (Å²) in [6.07, 6.45) is -4.69. The Bertz CT molecular complexity index is 1600. The van der Waals surface area contributed by atoms with Crippen LogP contribution in [0.25, 0.3) is 10.2 Å². The zero-order chi connectivity index (χ0) is 26.4. The van der Waals surface area contributed by atoms with Crippen molar-refractivity contribution in [3.05, 3.63) is 74.7 Å². The number of Topliss-reactive ketones (excluding diaryl/α,β-unsaturated/α-hetero) is 1. The van der Waals surface area contributed by atoms with Crippen molar-refractivity contribution < 1.29 is 31.1 Å². The van der Waals surface area contributed by atoms with Crippen molar-refractivity contribution in [3.63, 3.8) is 0 Å². The van der Waals surface area contributed by atoms with Gasteiger partial charge in [0.05, 0.1) is 36.5 Å². The number of hydrogen-bond donors (Lipinski definition) is 1. The number of nitrogens with one attached hydrogen (secondary N) is 1. The molecule has 4 rings (SSSR count). The summed E-state index contributed by atoms with van der Waals surface area (Å²) in [5, 5.41) is -0.567. The Kier molecular flexibility index (Phi) is 7.15. The average molecular weight is 596 g/mol. The van der Waals surface area contributed by atoms with Gasteiger partial charge >= 0.3 is 6.18 Å². The van der Waals surface area contributed by atoms with Crippen molar-refractivity contribution in [1.82, 2.24) is 4.98 Å². The number of thiazole rings is 1. The first kappa shape index (κ1) is 26.5. The number of sulfonamides is 1. The van der Waals surface area contributed by atoms with Crippen LogP contribution in [-0.2, 0) is 16.2 Å². The molecule has 0 aliphatic rings. The summed E-state index contributed by atoms with van der Waals surface area (Å²) in [4.78, 5) is 15.3. The number of halogens is 6. The molecule has 1 N–H and O–H groups in total. The Morgan fingerprint density at radius 2 is 1.67 bits per heavy atom. The predicted molar refractivity (Wildman–Crippen MR) is 133 cm³/mol. The molecule has 1 heterocycles. The van der Waals surface area contributed by atoms with E-state index in [0.717, 1.165) is 17.4 Å². The standard InChI is InChI=1S/C22H12Cl3F3N2O4S2/c1-10(31)11-2-4-17-18(6-11)35-21(29-17)34-20-15(24)8-13(9-16(20)25)30-36(32,33)19-5-3-12(7-14(19)23)22(26,27)28/h2-9,30H,1H3. The van der Waals surface area contributed by atoms with Gasteiger partial charge in [-0.15, -0.1) is 0 Å². The van der Waals surface area contributed by atoms with Gasteiger partial charge < -0.3 is 4.74 Å². The summed E-state index contributed by atoms with van der Waals surface area (Å²) < 4.78 is 72.6. The molecule has 0 amide bonds. The molecule has 14 heteroatoms. The number of nitrogens with zero attached hydrogens (tertiary/aromatic N) is 1. The van der Waals surface area contributed by atoms with Gasteiger partial charge in [0.2, 0.25) is 0 Å². The third-order valence-corrected chi connectivity index (χ3v) is 8.09. The number of aromatic nitrogens is 1. The Balaban J connectivity index is 1.59. The smallest absolute Gasteiger partial charge is 0.416 e. The molecule has 188 valence electrons. The lowest BCUT2D eigenvalue weighted by Gasteiger charge is -2.14. The fourth-order valence-corrected chi connectivity index (χ4v) is 6.09. The van der Waals surface area contributed by atoms with Crippen LogP contribution in [0.1, 0.15) is 22.8 Å². The molecule has 0 saturated heterocycles. The normalized spacial score (nSPS) is 12.1. The Morgan fingerprint density at radius 1 is 1.00 bits per heavy atom. The summed E-state index contributed by atoms with van der Waals surface area (Å²) in [6, 6.07) is 9.27. The van der Waals surface area contributed by atoms with Crippen LogP contribution in [0.4, 0.5) is 18.9 Å². The lowest BCUT2D eigenvalue weighted by Crippen LogP contribution is -2.14. The van der Waals surface area contributed by atoms with Gasteiger partial charge in [-0.2, -0.15) is 13.2 Å². The number of ketones is 1. The fraction of sp³-hybridized carbons (Fsp3) is 0.0909. The van der Waals surface area contributed by atoms with Gasteiger partial charge in [-0.25, -0.2) is 13.4 Å². The lowest BCUT2D eigenvalue weighted by molar-refractivity contribution is -0.137. The molecule has 4 aromatic rings. The summed E-state index contributed by atoms with van der Waals surface area (Å²) in [6.45, 7) is 1.44. The monoisotopic (exact) mass is 594 g/mol. The zero-order valence-electron chi connectivity index (χ0n) is 17.8. The highest BCUT2D eigenvalue weighted by Crippen LogP contribution is 2.42. The lowest BCUT2D eigenvalue weighted by atomic mass is 10.1. The summed E-state index contributed by atoms with van der Waals surface area (Å²) >= 11 is 19.5. The van der Waals surface area contributed by atoms with E-state index >= 15 is 0 Å². The minimum absolute atomic E-state index is 0.000286. The molecular formula is C22H12Cl3F3N2O4S2. The van der Waals surface area contributed by atoms with Gasteiger partial charge in [0.15, 0.2) is 11.5 Å². The van der Waals surface area contributed by atoms with Crippen molar-refractivity contribution in [2.24, 2.45) is 0 Å². The van der Waals surface area contributed by atoms with Crippen LogP contribution < -0.4 is 9.46 Å². The first-order valence-electron chi connectivity index (χ1n) is 9.72. The molecular weight excluding hydrogens is 584 g/mol. The van der Waals surface area contributed by atoms with E-state index in [1.54, 1.807) is 18.2 Å². The minimum atomic E-state index is -4.69. The Hall–Kier alpha value is -2.57. The summed E-state index contributed by atoms with van der Waals surface area (Å²) in [7, 11) is -4.39. The molecule has 0 aliphatic carbocycles. The largest absolute Gasteiger partial charge is 0.428 e. The van der Waals surface area contributed by atoms with Crippen LogP contribution in [0.2, 0.25) is 15.1 Å². The number of anilines is 1. The number of hydrogen-bond acceptors (Lipinski definition) is 6. The Labute approximate surface area is 221 Å². The highest BCUT2D eigenvalue weighted by molar-refractivity contribution is 7.92. The number of fused-ring (bicyclic) bond motifs is 1. The predicted octanol–water partition coefficient (Wildman–Crippen LogP) is 8.07. The third-order valence-electron chi connectivity index (χ3n) is 4.76. The maximum atomic E-state index is 12.9. The second kappa shape index (κ2) is 9.71. The minimum Gasteiger partial charge on any atom is -0.428 e. The van der Waals surface area contributed by atoms with Gasteiger partial charge in [0, 0.05) is 5.56 Å². The van der Waals surface area contributed by atoms with Crippen molar-refractivity contribution in [2.75, 3.05) is 4.72 Å². The van der Waals surface area contributed by atoms with Crippen molar-refractivity contribution in [3.8, 4) is 10.9 Å². The number of benzene rings is 3. The van der Waals surface area contributed by atoms with E-state index in [-0.39, 0.29) is 32.5 Å². The number of alkyl halides is 3. The van der Waals surface area contributed by atoms with Crippen LogP contribution >= 0.6 is 46.1 Å². The van der Waals surface area contributed by atoms with Crippen LogP contribution in [0.5, 0.6) is 10.9 Å². The molecule has 0 aliphatic heterocycles. The van der Waals surface area contributed by atoms with E-state index < -0.39 is 31.7 Å². The van der Waals surface area contributed by atoms with E-state index in [1.807, 2.05) is 0 Å². The van der Waals surface area contributed by atoms with Crippen LogP contribution in [0, 0.1) is 0 Å². The molecule has 3 aromatic carbocycles. The van der Waals surface area contributed by atoms with Gasteiger partial charge in [0.25, 0.3) is 15.2 Å². The van der Waals surface area contributed by atoms with E-state index in [2.05, 4.69) is 9.71 Å². The molecule has 1 aromatic heterocycles. The molecule has 0 fully saturated rings. The molecule has 0 radical (unpaired) electrons. The maximum Gasteiger partial charge on any atom is 0.416 e. The third kappa shape index (κ3) is 5.55. The van der Waals surface area contributed by atoms with E-state index in [4.69, 9.17) is 39.5 Å². The highest BCUT2D eigenvalue weighted by atomic mass is 35.5. The van der Waals surface area contributed by atoms with E-state index in [1.165, 1.54) is 19.1 Å². The van der Waals surface area contributed by atoms with Gasteiger partial charge in [-0.1, -0.05) is 46.1 Å². The Morgan fingerprint density at radius 3 is 2.25 bits per heavy atom. The van der Waals surface area contributed by atoms with Crippen molar-refractivity contribution in [2.45, 2.75) is 18.0 Å². The second-order valence-corrected chi connectivity index (χ2v) is 11.2. The fourth-order valence-electron chi connectivity index (χ4n) is 3.07. The van der Waals surface area contributed by atoms with Crippen LogP contribution in [0.3, 0.4) is 0 Å². The zero-order valence-corrected chi connectivity index (χ0v) is 21.7.